The Morgan fingerprint density at radius 3 is 2.92 bits per heavy atom. The van der Waals surface area contributed by atoms with E-state index in [0.717, 1.165) is 0 Å². The average molecular weight is 183 g/mol. The van der Waals surface area contributed by atoms with Crippen LogP contribution in [0.4, 0.5) is 0 Å². The number of pyridine rings is 1. The Bertz CT molecular complexity index is 300. The van der Waals surface area contributed by atoms with Gasteiger partial charge in [0.15, 0.2) is 0 Å². The molecule has 2 N–H and O–H groups in total. The van der Waals surface area contributed by atoms with Gasteiger partial charge in [-0.3, -0.25) is 4.98 Å². The number of nitrogens with zero attached hydrogens (tertiary/aromatic N) is 1. The van der Waals surface area contributed by atoms with Crippen LogP contribution in [0.25, 0.3) is 0 Å². The molecule has 0 saturated carbocycles. The summed E-state index contributed by atoms with van der Waals surface area (Å²) in [5, 5.41) is 17.2. The van der Waals surface area contributed by atoms with Gasteiger partial charge in [-0.2, -0.15) is 0 Å². The Morgan fingerprint density at radius 1 is 1.54 bits per heavy atom. The van der Waals surface area contributed by atoms with E-state index in [-0.39, 0.29) is 19.0 Å². The molecule has 1 rings (SSSR count). The number of hydrogen-bond acceptors (Lipinski definition) is 4. The fraction of sp³-hybridized carbons (Fsp3) is 0.250. The van der Waals surface area contributed by atoms with Crippen molar-refractivity contribution < 1.29 is 19.7 Å². The summed E-state index contributed by atoms with van der Waals surface area (Å²) >= 11 is 0. The van der Waals surface area contributed by atoms with Crippen molar-refractivity contribution in [2.45, 2.75) is 6.61 Å². The maximum atomic E-state index is 10.1. The van der Waals surface area contributed by atoms with E-state index in [1.165, 1.54) is 18.5 Å². The molecular weight excluding hydrogens is 174 g/mol. The van der Waals surface area contributed by atoms with Gasteiger partial charge in [0.2, 0.25) is 0 Å². The normalized spacial score (nSPS) is 9.85. The lowest BCUT2D eigenvalue weighted by Crippen LogP contribution is -2.06. The quantitative estimate of drug-likeness (QED) is 0.705. The highest BCUT2D eigenvalue weighted by Gasteiger charge is 1.98. The number of carbonyl (C=O) groups is 1. The molecule has 0 spiro atoms. The highest BCUT2D eigenvalue weighted by Crippen LogP contribution is 2.08. The van der Waals surface area contributed by atoms with Crippen LogP contribution in [-0.2, 0) is 16.1 Å². The predicted molar refractivity (Wildman–Crippen MR) is 43.2 cm³/mol. The molecule has 0 unspecified atom stereocenters. The Hall–Kier alpha value is -1.62. The fourth-order valence-corrected chi connectivity index (χ4v) is 0.809. The minimum absolute atomic E-state index is 0.0384. The van der Waals surface area contributed by atoms with E-state index in [9.17, 15) is 4.79 Å². The van der Waals surface area contributed by atoms with E-state index in [0.29, 0.717) is 5.56 Å². The van der Waals surface area contributed by atoms with Gasteiger partial charge in [0.25, 0.3) is 0 Å². The fourth-order valence-electron chi connectivity index (χ4n) is 0.809. The van der Waals surface area contributed by atoms with Crippen molar-refractivity contribution in [3.8, 4) is 5.75 Å². The predicted octanol–water partition coefficient (Wildman–Crippen LogP) is 0.388. The number of hydrogen-bond donors (Lipinski definition) is 2. The van der Waals surface area contributed by atoms with Crippen molar-refractivity contribution in [1.82, 2.24) is 4.98 Å². The first-order chi connectivity index (χ1) is 6.18. The number of carboxylic acids is 1. The van der Waals surface area contributed by atoms with Gasteiger partial charge in [-0.15, -0.1) is 0 Å². The van der Waals surface area contributed by atoms with Crippen LogP contribution in [0, 0.1) is 0 Å². The monoisotopic (exact) mass is 183 g/mol. The maximum absolute atomic E-state index is 10.1. The molecule has 13 heavy (non-hydrogen) atoms. The van der Waals surface area contributed by atoms with Gasteiger partial charge in [0.1, 0.15) is 12.4 Å². The van der Waals surface area contributed by atoms with E-state index in [4.69, 9.17) is 14.9 Å². The van der Waals surface area contributed by atoms with Crippen molar-refractivity contribution in [1.29, 1.82) is 0 Å². The van der Waals surface area contributed by atoms with Crippen LogP contribution in [0.2, 0.25) is 0 Å². The third kappa shape index (κ3) is 3.53. The summed E-state index contributed by atoms with van der Waals surface area (Å²) in [5.74, 6) is -0.982. The topological polar surface area (TPSA) is 79.7 Å². The summed E-state index contributed by atoms with van der Waals surface area (Å²) in [4.78, 5) is 13.8. The first kappa shape index (κ1) is 9.47. The minimum Gasteiger partial charge on any atom is -0.506 e. The van der Waals surface area contributed by atoms with E-state index in [1.807, 2.05) is 0 Å². The summed E-state index contributed by atoms with van der Waals surface area (Å²) in [7, 11) is 0. The molecule has 5 heteroatoms. The van der Waals surface area contributed by atoms with Crippen molar-refractivity contribution in [3.63, 3.8) is 0 Å². The lowest BCUT2D eigenvalue weighted by atomic mass is 10.3. The third-order valence-electron chi connectivity index (χ3n) is 1.27. The Kier molecular flexibility index (Phi) is 3.22. The number of aliphatic carboxylic acids is 1. The van der Waals surface area contributed by atoms with E-state index >= 15 is 0 Å². The first-order valence-corrected chi connectivity index (χ1v) is 3.61. The van der Waals surface area contributed by atoms with Gasteiger partial charge >= 0.3 is 5.97 Å². The summed E-state index contributed by atoms with van der Waals surface area (Å²) < 4.78 is 4.79. The van der Waals surface area contributed by atoms with Gasteiger partial charge in [0.05, 0.1) is 12.8 Å². The van der Waals surface area contributed by atoms with Crippen molar-refractivity contribution in [2.24, 2.45) is 0 Å². The molecule has 0 radical (unpaired) electrons. The molecule has 5 nitrogen and oxygen atoms in total. The standard InChI is InChI=1S/C8H9NO4/c10-7-1-6(2-9-3-7)4-13-5-8(11)12/h1-3,10H,4-5H2,(H,11,12). The molecule has 0 aliphatic heterocycles. The highest BCUT2D eigenvalue weighted by molar-refractivity contribution is 5.67. The van der Waals surface area contributed by atoms with Crippen LogP contribution in [-0.4, -0.2) is 27.8 Å². The van der Waals surface area contributed by atoms with Gasteiger partial charge < -0.3 is 14.9 Å². The van der Waals surface area contributed by atoms with Crippen LogP contribution in [0.15, 0.2) is 18.5 Å². The molecule has 0 fully saturated rings. The summed E-state index contributed by atoms with van der Waals surface area (Å²) in [6, 6.07) is 1.47. The second-order valence-electron chi connectivity index (χ2n) is 2.44. The van der Waals surface area contributed by atoms with E-state index in [1.54, 1.807) is 0 Å². The second-order valence-corrected chi connectivity index (χ2v) is 2.44. The van der Waals surface area contributed by atoms with Crippen LogP contribution in [0.5, 0.6) is 5.75 Å². The summed E-state index contributed by atoms with van der Waals surface area (Å²) in [5.41, 5.74) is 0.640. The van der Waals surface area contributed by atoms with E-state index < -0.39 is 5.97 Å². The molecule has 0 atom stereocenters. The molecule has 0 amide bonds. The number of rotatable bonds is 4. The number of aromatic hydroxyl groups is 1. The smallest absolute Gasteiger partial charge is 0.329 e. The zero-order chi connectivity index (χ0) is 9.68. The zero-order valence-corrected chi connectivity index (χ0v) is 6.80. The number of ether oxygens (including phenoxy) is 1. The molecule has 1 heterocycles. The molecule has 0 aromatic carbocycles. The second kappa shape index (κ2) is 4.42. The Morgan fingerprint density at radius 2 is 2.31 bits per heavy atom. The van der Waals surface area contributed by atoms with Crippen LogP contribution >= 0.6 is 0 Å². The van der Waals surface area contributed by atoms with Crippen LogP contribution < -0.4 is 0 Å². The lowest BCUT2D eigenvalue weighted by Gasteiger charge is -2.00. The number of aromatic nitrogens is 1. The SMILES string of the molecule is O=C(O)COCc1cncc(O)c1. The largest absolute Gasteiger partial charge is 0.506 e. The van der Waals surface area contributed by atoms with Gasteiger partial charge in [-0.25, -0.2) is 4.79 Å². The van der Waals surface area contributed by atoms with E-state index in [2.05, 4.69) is 4.98 Å². The Balaban J connectivity index is 2.41. The maximum Gasteiger partial charge on any atom is 0.329 e. The molecule has 70 valence electrons. The summed E-state index contributed by atoms with van der Waals surface area (Å²) in [6.45, 7) is -0.219. The molecule has 0 aliphatic rings. The van der Waals surface area contributed by atoms with Crippen LogP contribution in [0.1, 0.15) is 5.56 Å². The molecule has 1 aromatic heterocycles. The minimum atomic E-state index is -1.02. The highest BCUT2D eigenvalue weighted by atomic mass is 16.5. The van der Waals surface area contributed by atoms with Crippen molar-refractivity contribution >= 4 is 5.97 Å². The molecule has 0 bridgehead atoms. The van der Waals surface area contributed by atoms with Gasteiger partial charge in [-0.05, 0) is 11.6 Å². The van der Waals surface area contributed by atoms with Crippen LogP contribution in [0.3, 0.4) is 0 Å². The zero-order valence-electron chi connectivity index (χ0n) is 6.80. The molecule has 0 aliphatic carbocycles. The average Bonchev–Trinajstić information content (AvgIpc) is 2.03. The van der Waals surface area contributed by atoms with Gasteiger partial charge in [0, 0.05) is 6.20 Å². The molecule has 0 saturated heterocycles. The number of carboxylic acid groups (broad SMARTS) is 1. The summed E-state index contributed by atoms with van der Waals surface area (Å²) in [6.07, 6.45) is 2.79. The Labute approximate surface area is 74.6 Å². The lowest BCUT2D eigenvalue weighted by molar-refractivity contribution is -0.142. The van der Waals surface area contributed by atoms with Crippen molar-refractivity contribution in [2.75, 3.05) is 6.61 Å². The third-order valence-corrected chi connectivity index (χ3v) is 1.27. The van der Waals surface area contributed by atoms with Gasteiger partial charge in [-0.1, -0.05) is 0 Å². The van der Waals surface area contributed by atoms with Crippen molar-refractivity contribution in [3.05, 3.63) is 24.0 Å². The first-order valence-electron chi connectivity index (χ1n) is 3.61. The molecule has 1 aromatic rings. The molecular formula is C8H9NO4.